The lowest BCUT2D eigenvalue weighted by Crippen LogP contribution is -2.27. The summed E-state index contributed by atoms with van der Waals surface area (Å²) in [7, 11) is 0. The predicted molar refractivity (Wildman–Crippen MR) is 89.3 cm³/mol. The number of thioether (sulfide) groups is 1. The van der Waals surface area contributed by atoms with Crippen molar-refractivity contribution in [2.75, 3.05) is 12.3 Å². The van der Waals surface area contributed by atoms with Gasteiger partial charge in [-0.25, -0.2) is 0 Å². The maximum Gasteiger partial charge on any atom is 0.230 e. The first-order valence-electron chi connectivity index (χ1n) is 7.09. The number of aromatic nitrogens is 3. The Labute approximate surface area is 139 Å². The first-order chi connectivity index (χ1) is 10.6. The van der Waals surface area contributed by atoms with Crippen LogP contribution in [0.15, 0.2) is 35.7 Å². The normalized spacial score (nSPS) is 10.9. The second kappa shape index (κ2) is 8.19. The standard InChI is InChI=1S/C15H19ClN4OS/c1-11(2)20-10-18-19-15(20)22-9-14(21)17-8-7-12-3-5-13(16)6-4-12/h3-6,10-11H,7-9H2,1-2H3,(H,17,21). The van der Waals surface area contributed by atoms with Gasteiger partial charge in [0.25, 0.3) is 0 Å². The number of benzene rings is 1. The number of carbonyl (C=O) groups excluding carboxylic acids is 1. The van der Waals surface area contributed by atoms with Crippen molar-refractivity contribution < 1.29 is 4.79 Å². The molecule has 2 aromatic rings. The number of hydrogen-bond acceptors (Lipinski definition) is 4. The van der Waals surface area contributed by atoms with Crippen molar-refractivity contribution in [3.05, 3.63) is 41.2 Å². The highest BCUT2D eigenvalue weighted by Crippen LogP contribution is 2.18. The monoisotopic (exact) mass is 338 g/mol. The van der Waals surface area contributed by atoms with Crippen LogP contribution in [0.5, 0.6) is 0 Å². The van der Waals surface area contributed by atoms with Gasteiger partial charge in [0.2, 0.25) is 5.91 Å². The lowest BCUT2D eigenvalue weighted by molar-refractivity contribution is -0.118. The minimum Gasteiger partial charge on any atom is -0.355 e. The average Bonchev–Trinajstić information content (AvgIpc) is 2.96. The van der Waals surface area contributed by atoms with E-state index in [1.54, 1.807) is 6.33 Å². The van der Waals surface area contributed by atoms with E-state index in [9.17, 15) is 4.79 Å². The number of nitrogens with zero attached hydrogens (tertiary/aromatic N) is 3. The van der Waals surface area contributed by atoms with Crippen LogP contribution in [0.2, 0.25) is 5.02 Å². The Morgan fingerprint density at radius 1 is 1.36 bits per heavy atom. The Balaban J connectivity index is 1.72. The molecular formula is C15H19ClN4OS. The first-order valence-corrected chi connectivity index (χ1v) is 8.46. The molecule has 0 atom stereocenters. The average molecular weight is 339 g/mol. The lowest BCUT2D eigenvalue weighted by atomic mass is 10.1. The number of amides is 1. The Hall–Kier alpha value is -1.53. The Morgan fingerprint density at radius 3 is 2.77 bits per heavy atom. The fourth-order valence-electron chi connectivity index (χ4n) is 1.87. The third-order valence-corrected chi connectivity index (χ3v) is 4.29. The number of rotatable bonds is 7. The van der Waals surface area contributed by atoms with Crippen molar-refractivity contribution in [1.82, 2.24) is 20.1 Å². The van der Waals surface area contributed by atoms with Gasteiger partial charge in [-0.3, -0.25) is 4.79 Å². The molecule has 1 aromatic heterocycles. The molecule has 1 amide bonds. The van der Waals surface area contributed by atoms with E-state index in [1.165, 1.54) is 11.8 Å². The highest BCUT2D eigenvalue weighted by Gasteiger charge is 2.10. The molecule has 0 spiro atoms. The summed E-state index contributed by atoms with van der Waals surface area (Å²) >= 11 is 7.23. The van der Waals surface area contributed by atoms with E-state index in [4.69, 9.17) is 11.6 Å². The Morgan fingerprint density at radius 2 is 2.09 bits per heavy atom. The largest absolute Gasteiger partial charge is 0.355 e. The molecule has 22 heavy (non-hydrogen) atoms. The third kappa shape index (κ3) is 5.03. The van der Waals surface area contributed by atoms with Crippen LogP contribution in [0.25, 0.3) is 0 Å². The van der Waals surface area contributed by atoms with Crippen LogP contribution in [0.4, 0.5) is 0 Å². The molecular weight excluding hydrogens is 320 g/mol. The summed E-state index contributed by atoms with van der Waals surface area (Å²) in [6, 6.07) is 7.93. The van der Waals surface area contributed by atoms with Gasteiger partial charge in [-0.1, -0.05) is 35.5 Å². The molecule has 118 valence electrons. The second-order valence-electron chi connectivity index (χ2n) is 5.13. The van der Waals surface area contributed by atoms with Gasteiger partial charge in [-0.2, -0.15) is 0 Å². The van der Waals surface area contributed by atoms with Gasteiger partial charge in [0, 0.05) is 17.6 Å². The molecule has 0 aliphatic carbocycles. The number of nitrogens with one attached hydrogen (secondary N) is 1. The second-order valence-corrected chi connectivity index (χ2v) is 6.51. The molecule has 5 nitrogen and oxygen atoms in total. The van der Waals surface area contributed by atoms with Crippen LogP contribution in [0.1, 0.15) is 25.5 Å². The minimum atomic E-state index is -0.00253. The fraction of sp³-hybridized carbons (Fsp3) is 0.400. The lowest BCUT2D eigenvalue weighted by Gasteiger charge is -2.09. The third-order valence-electron chi connectivity index (χ3n) is 3.08. The zero-order valence-corrected chi connectivity index (χ0v) is 14.2. The van der Waals surface area contributed by atoms with Crippen LogP contribution in [-0.2, 0) is 11.2 Å². The molecule has 1 heterocycles. The summed E-state index contributed by atoms with van der Waals surface area (Å²) in [5, 5.41) is 12.3. The summed E-state index contributed by atoms with van der Waals surface area (Å²) in [4.78, 5) is 11.9. The van der Waals surface area contributed by atoms with Crippen molar-refractivity contribution in [1.29, 1.82) is 0 Å². The molecule has 2 rings (SSSR count). The van der Waals surface area contributed by atoms with Crippen LogP contribution in [-0.4, -0.2) is 33.0 Å². The molecule has 0 bridgehead atoms. The van der Waals surface area contributed by atoms with E-state index in [2.05, 4.69) is 29.4 Å². The summed E-state index contributed by atoms with van der Waals surface area (Å²) in [5.41, 5.74) is 1.15. The minimum absolute atomic E-state index is 0.00253. The molecule has 0 saturated carbocycles. The van der Waals surface area contributed by atoms with Crippen molar-refractivity contribution in [2.24, 2.45) is 0 Å². The van der Waals surface area contributed by atoms with Gasteiger partial charge < -0.3 is 9.88 Å². The topological polar surface area (TPSA) is 59.8 Å². The van der Waals surface area contributed by atoms with Crippen LogP contribution >= 0.6 is 23.4 Å². The SMILES string of the molecule is CC(C)n1cnnc1SCC(=O)NCCc1ccc(Cl)cc1. The van der Waals surface area contributed by atoms with Crippen LogP contribution in [0.3, 0.4) is 0 Å². The highest BCUT2D eigenvalue weighted by molar-refractivity contribution is 7.99. The summed E-state index contributed by atoms with van der Waals surface area (Å²) in [6.07, 6.45) is 2.47. The maximum atomic E-state index is 11.9. The predicted octanol–water partition coefficient (Wildman–Crippen LogP) is 2.96. The van der Waals surface area contributed by atoms with Crippen molar-refractivity contribution in [2.45, 2.75) is 31.5 Å². The summed E-state index contributed by atoms with van der Waals surface area (Å²) in [6.45, 7) is 4.72. The van der Waals surface area contributed by atoms with E-state index in [1.807, 2.05) is 28.8 Å². The van der Waals surface area contributed by atoms with E-state index in [-0.39, 0.29) is 11.9 Å². The Bertz CT molecular complexity index is 612. The summed E-state index contributed by atoms with van der Waals surface area (Å²) < 4.78 is 1.95. The zero-order chi connectivity index (χ0) is 15.9. The van der Waals surface area contributed by atoms with E-state index < -0.39 is 0 Å². The van der Waals surface area contributed by atoms with Crippen molar-refractivity contribution in [3.63, 3.8) is 0 Å². The van der Waals surface area contributed by atoms with E-state index in [0.717, 1.165) is 22.2 Å². The fourth-order valence-corrected chi connectivity index (χ4v) is 2.87. The molecule has 0 aliphatic heterocycles. The van der Waals surface area contributed by atoms with Gasteiger partial charge in [-0.15, -0.1) is 10.2 Å². The van der Waals surface area contributed by atoms with Gasteiger partial charge in [0.05, 0.1) is 5.75 Å². The van der Waals surface area contributed by atoms with E-state index >= 15 is 0 Å². The van der Waals surface area contributed by atoms with Gasteiger partial charge in [-0.05, 0) is 38.0 Å². The van der Waals surface area contributed by atoms with E-state index in [0.29, 0.717) is 12.3 Å². The molecule has 0 radical (unpaired) electrons. The molecule has 0 unspecified atom stereocenters. The number of hydrogen-bond donors (Lipinski definition) is 1. The van der Waals surface area contributed by atoms with Crippen LogP contribution in [0, 0.1) is 0 Å². The highest BCUT2D eigenvalue weighted by atomic mass is 35.5. The smallest absolute Gasteiger partial charge is 0.230 e. The van der Waals surface area contributed by atoms with Crippen LogP contribution < -0.4 is 5.32 Å². The van der Waals surface area contributed by atoms with Crippen molar-refractivity contribution in [3.8, 4) is 0 Å². The zero-order valence-electron chi connectivity index (χ0n) is 12.6. The Kier molecular flexibility index (Phi) is 6.27. The number of carbonyl (C=O) groups is 1. The molecule has 0 fully saturated rings. The molecule has 0 saturated heterocycles. The van der Waals surface area contributed by atoms with Gasteiger partial charge in [0.15, 0.2) is 5.16 Å². The maximum absolute atomic E-state index is 11.9. The quantitative estimate of drug-likeness (QED) is 0.788. The van der Waals surface area contributed by atoms with Gasteiger partial charge in [0.1, 0.15) is 6.33 Å². The molecule has 0 aliphatic rings. The first kappa shape index (κ1) is 16.8. The van der Waals surface area contributed by atoms with Crippen molar-refractivity contribution >= 4 is 29.3 Å². The molecule has 1 N–H and O–H groups in total. The van der Waals surface area contributed by atoms with Gasteiger partial charge >= 0.3 is 0 Å². The molecule has 1 aromatic carbocycles. The molecule has 7 heteroatoms. The summed E-state index contributed by atoms with van der Waals surface area (Å²) in [5.74, 6) is 0.337. The number of halogens is 1.